The van der Waals surface area contributed by atoms with E-state index in [2.05, 4.69) is 103 Å². The summed E-state index contributed by atoms with van der Waals surface area (Å²) in [6.07, 6.45) is 4.48. The molecule has 0 heterocycles. The second-order valence-corrected chi connectivity index (χ2v) is 13.1. The summed E-state index contributed by atoms with van der Waals surface area (Å²) in [7, 11) is -1.98. The Bertz CT molecular complexity index is 1160. The van der Waals surface area contributed by atoms with Gasteiger partial charge in [0.15, 0.2) is 0 Å². The molecule has 36 heavy (non-hydrogen) atoms. The van der Waals surface area contributed by atoms with E-state index in [1.54, 1.807) is 0 Å². The second kappa shape index (κ2) is 11.2. The third-order valence-corrected chi connectivity index (χ3v) is 11.5. The van der Waals surface area contributed by atoms with Crippen LogP contribution in [0.2, 0.25) is 0 Å². The van der Waals surface area contributed by atoms with Crippen molar-refractivity contribution in [3.63, 3.8) is 0 Å². The Labute approximate surface area is 214 Å². The van der Waals surface area contributed by atoms with Crippen LogP contribution in [0.4, 0.5) is 0 Å². The monoisotopic (exact) mass is 494 g/mol. The molecule has 0 bridgehead atoms. The quantitative estimate of drug-likeness (QED) is 0.269. The standard InChI is InChI=1S/C32H33NO2P/c33-27-11-10-12-28(23-27)35-32(34)26-21-19-25(20-22-26)24-36(29-13-4-1-5-14-29,30-15-6-2-7-16-30)31-17-8-3-9-18-31/h1-9,13-22,27-28H,10-12,23-24,33H2/q+1. The van der Waals surface area contributed by atoms with Crippen LogP contribution < -0.4 is 21.6 Å². The molecule has 182 valence electrons. The fourth-order valence-electron chi connectivity index (χ4n) is 5.30. The van der Waals surface area contributed by atoms with Gasteiger partial charge in [0, 0.05) is 6.04 Å². The van der Waals surface area contributed by atoms with E-state index >= 15 is 0 Å². The maximum atomic E-state index is 12.8. The highest BCUT2D eigenvalue weighted by molar-refractivity contribution is 7.95. The maximum Gasteiger partial charge on any atom is 0.338 e. The average molecular weight is 495 g/mol. The highest BCUT2D eigenvalue weighted by atomic mass is 31.2. The molecule has 0 amide bonds. The zero-order valence-electron chi connectivity index (χ0n) is 20.5. The van der Waals surface area contributed by atoms with E-state index in [1.807, 2.05) is 12.1 Å². The minimum atomic E-state index is -1.98. The molecule has 1 fully saturated rings. The lowest BCUT2D eigenvalue weighted by atomic mass is 9.93. The van der Waals surface area contributed by atoms with E-state index in [4.69, 9.17) is 10.5 Å². The molecule has 1 aliphatic carbocycles. The lowest BCUT2D eigenvalue weighted by Crippen LogP contribution is -2.33. The SMILES string of the molecule is NC1CCCC(OC(=O)c2ccc(C[P+](c3ccccc3)(c3ccccc3)c3ccccc3)cc2)C1. The molecule has 4 aromatic rings. The first-order chi connectivity index (χ1) is 17.6. The van der Waals surface area contributed by atoms with Crippen molar-refractivity contribution in [2.24, 2.45) is 5.73 Å². The number of ether oxygens (including phenoxy) is 1. The van der Waals surface area contributed by atoms with Gasteiger partial charge in [-0.1, -0.05) is 66.7 Å². The van der Waals surface area contributed by atoms with Gasteiger partial charge in [-0.15, -0.1) is 0 Å². The van der Waals surface area contributed by atoms with Crippen LogP contribution in [0.3, 0.4) is 0 Å². The third kappa shape index (κ3) is 5.28. The first-order valence-corrected chi connectivity index (χ1v) is 14.7. The van der Waals surface area contributed by atoms with Crippen LogP contribution in [0.25, 0.3) is 0 Å². The van der Waals surface area contributed by atoms with Gasteiger partial charge in [-0.3, -0.25) is 0 Å². The van der Waals surface area contributed by atoms with E-state index in [0.717, 1.165) is 31.8 Å². The summed E-state index contributed by atoms with van der Waals surface area (Å²) in [5.41, 5.74) is 7.88. The van der Waals surface area contributed by atoms with E-state index in [-0.39, 0.29) is 18.1 Å². The molecule has 3 nitrogen and oxygen atoms in total. The lowest BCUT2D eigenvalue weighted by molar-refractivity contribution is 0.0191. The van der Waals surface area contributed by atoms with Gasteiger partial charge in [0.25, 0.3) is 0 Å². The first-order valence-electron chi connectivity index (χ1n) is 12.8. The summed E-state index contributed by atoms with van der Waals surface area (Å²) in [4.78, 5) is 12.8. The van der Waals surface area contributed by atoms with Crippen molar-refractivity contribution in [2.75, 3.05) is 0 Å². The number of hydrogen-bond donors (Lipinski definition) is 1. The normalized spacial score (nSPS) is 17.9. The minimum Gasteiger partial charge on any atom is -0.459 e. The molecule has 0 spiro atoms. The van der Waals surface area contributed by atoms with Gasteiger partial charge in [-0.2, -0.15) is 0 Å². The Balaban J connectivity index is 1.48. The van der Waals surface area contributed by atoms with Crippen molar-refractivity contribution in [3.8, 4) is 0 Å². The first kappa shape index (κ1) is 24.4. The van der Waals surface area contributed by atoms with Gasteiger partial charge in [0.1, 0.15) is 29.3 Å². The molecule has 0 aliphatic heterocycles. The smallest absolute Gasteiger partial charge is 0.338 e. The van der Waals surface area contributed by atoms with Crippen molar-refractivity contribution >= 4 is 29.1 Å². The molecular formula is C32H33NO2P+. The molecule has 0 radical (unpaired) electrons. The van der Waals surface area contributed by atoms with Crippen molar-refractivity contribution in [1.29, 1.82) is 0 Å². The topological polar surface area (TPSA) is 52.3 Å². The van der Waals surface area contributed by atoms with Gasteiger partial charge in [0.2, 0.25) is 0 Å². The van der Waals surface area contributed by atoms with E-state index in [0.29, 0.717) is 5.56 Å². The lowest BCUT2D eigenvalue weighted by Gasteiger charge is -2.28. The van der Waals surface area contributed by atoms with E-state index in [9.17, 15) is 4.79 Å². The zero-order valence-corrected chi connectivity index (χ0v) is 21.4. The van der Waals surface area contributed by atoms with Gasteiger partial charge in [-0.05, 0) is 79.8 Å². The van der Waals surface area contributed by atoms with Crippen LogP contribution in [-0.2, 0) is 10.9 Å². The molecule has 4 heteroatoms. The van der Waals surface area contributed by atoms with Crippen LogP contribution in [0.1, 0.15) is 41.6 Å². The molecular weight excluding hydrogens is 461 g/mol. The van der Waals surface area contributed by atoms with Crippen molar-refractivity contribution in [2.45, 2.75) is 44.0 Å². The Hall–Kier alpha value is -3.26. The summed E-state index contributed by atoms with van der Waals surface area (Å²) >= 11 is 0. The fraction of sp³-hybridized carbons (Fsp3) is 0.219. The van der Waals surface area contributed by atoms with Crippen LogP contribution in [0.15, 0.2) is 115 Å². The fourth-order valence-corrected chi connectivity index (χ4v) is 9.54. The molecule has 1 aliphatic rings. The Morgan fingerprint density at radius 2 is 1.22 bits per heavy atom. The summed E-state index contributed by atoms with van der Waals surface area (Å²) in [6.45, 7) is 0. The highest BCUT2D eigenvalue weighted by Gasteiger charge is 2.45. The van der Waals surface area contributed by atoms with Gasteiger partial charge in [0.05, 0.1) is 11.7 Å². The largest absolute Gasteiger partial charge is 0.459 e. The average Bonchev–Trinajstić information content (AvgIpc) is 2.93. The minimum absolute atomic E-state index is 0.0752. The summed E-state index contributed by atoms with van der Waals surface area (Å²) in [5, 5.41) is 4.04. The number of esters is 1. The van der Waals surface area contributed by atoms with Gasteiger partial charge in [-0.25, -0.2) is 4.79 Å². The molecule has 4 aromatic carbocycles. The van der Waals surface area contributed by atoms with Crippen LogP contribution in [0.5, 0.6) is 0 Å². The van der Waals surface area contributed by atoms with Gasteiger partial charge < -0.3 is 10.5 Å². The Kier molecular flexibility index (Phi) is 7.60. The molecule has 2 atom stereocenters. The van der Waals surface area contributed by atoms with Crippen molar-refractivity contribution in [3.05, 3.63) is 126 Å². The molecule has 2 N–H and O–H groups in total. The zero-order chi connectivity index (χ0) is 24.8. The number of hydrogen-bond acceptors (Lipinski definition) is 3. The maximum absolute atomic E-state index is 12.8. The van der Waals surface area contributed by atoms with Crippen LogP contribution >= 0.6 is 7.26 Å². The van der Waals surface area contributed by atoms with Crippen molar-refractivity contribution < 1.29 is 9.53 Å². The van der Waals surface area contributed by atoms with Crippen LogP contribution in [-0.4, -0.2) is 18.1 Å². The van der Waals surface area contributed by atoms with E-state index < -0.39 is 7.26 Å². The number of nitrogens with two attached hydrogens (primary N) is 1. The van der Waals surface area contributed by atoms with Crippen LogP contribution in [0, 0.1) is 0 Å². The third-order valence-electron chi connectivity index (χ3n) is 7.14. The Morgan fingerprint density at radius 1 is 0.722 bits per heavy atom. The highest BCUT2D eigenvalue weighted by Crippen LogP contribution is 2.58. The van der Waals surface area contributed by atoms with Gasteiger partial charge >= 0.3 is 5.97 Å². The molecule has 0 saturated heterocycles. The second-order valence-electron chi connectivity index (χ2n) is 9.63. The summed E-state index contributed by atoms with van der Waals surface area (Å²) < 4.78 is 5.78. The summed E-state index contributed by atoms with van der Waals surface area (Å²) in [6, 6.07) is 40.7. The number of carbonyl (C=O) groups excluding carboxylic acids is 1. The Morgan fingerprint density at radius 3 is 1.69 bits per heavy atom. The molecule has 2 unspecified atom stereocenters. The molecule has 1 saturated carbocycles. The number of rotatable bonds is 7. The summed E-state index contributed by atoms with van der Waals surface area (Å²) in [5.74, 6) is -0.254. The predicted molar refractivity (Wildman–Crippen MR) is 151 cm³/mol. The number of carbonyl (C=O) groups is 1. The number of benzene rings is 4. The molecule has 0 aromatic heterocycles. The van der Waals surface area contributed by atoms with Crippen molar-refractivity contribution in [1.82, 2.24) is 0 Å². The molecule has 5 rings (SSSR count). The predicted octanol–water partition coefficient (Wildman–Crippen LogP) is 5.61. The van der Waals surface area contributed by atoms with E-state index in [1.165, 1.54) is 21.5 Å².